The summed E-state index contributed by atoms with van der Waals surface area (Å²) in [7, 11) is 1.26. The van der Waals surface area contributed by atoms with Crippen LogP contribution in [0.4, 0.5) is 4.39 Å². The molecule has 0 aliphatic carbocycles. The van der Waals surface area contributed by atoms with E-state index in [0.717, 1.165) is 17.8 Å². The molecule has 0 bridgehead atoms. The Balaban J connectivity index is 3.15. The lowest BCUT2D eigenvalue weighted by molar-refractivity contribution is -0.139. The van der Waals surface area contributed by atoms with Gasteiger partial charge in [0.25, 0.3) is 5.91 Å². The van der Waals surface area contributed by atoms with Gasteiger partial charge in [-0.25, -0.2) is 4.39 Å². The molecule has 1 rings (SSSR count). The van der Waals surface area contributed by atoms with Crippen molar-refractivity contribution in [3.05, 3.63) is 38.4 Å². The van der Waals surface area contributed by atoms with Crippen LogP contribution in [0, 0.1) is 5.82 Å². The summed E-state index contributed by atoms with van der Waals surface area (Å²) in [5.41, 5.74) is 7.85. The Morgan fingerprint density at radius 1 is 1.55 bits per heavy atom. The fraction of sp³-hybridized carbons (Fsp3) is 0.273. The molecule has 9 heteroatoms. The van der Waals surface area contributed by atoms with Gasteiger partial charge in [-0.2, -0.15) is 0 Å². The molecule has 0 radical (unpaired) electrons. The minimum atomic E-state index is -1.02. The standard InChI is InChI=1S/C11H9BrFN3O3S/c1-5(11(18)19-2)20-9-3-6(10(17)15-16-14)8(13)4-7(9)12/h3-5H,1-2H3. The van der Waals surface area contributed by atoms with E-state index in [4.69, 9.17) is 5.53 Å². The molecular formula is C11H9BrFN3O3S. The van der Waals surface area contributed by atoms with Crippen molar-refractivity contribution in [1.82, 2.24) is 0 Å². The van der Waals surface area contributed by atoms with Crippen molar-refractivity contribution in [2.24, 2.45) is 5.11 Å². The molecule has 106 valence electrons. The Kier molecular flexibility index (Phi) is 6.00. The van der Waals surface area contributed by atoms with E-state index in [1.807, 2.05) is 0 Å². The number of hydrogen-bond acceptors (Lipinski definition) is 4. The van der Waals surface area contributed by atoms with E-state index >= 15 is 0 Å². The normalized spacial score (nSPS) is 11.4. The quantitative estimate of drug-likeness (QED) is 0.268. The third-order valence-electron chi connectivity index (χ3n) is 2.22. The molecule has 0 heterocycles. The average molecular weight is 362 g/mol. The van der Waals surface area contributed by atoms with Crippen LogP contribution in [-0.2, 0) is 9.53 Å². The number of nitrogens with zero attached hydrogens (tertiary/aromatic N) is 3. The summed E-state index contributed by atoms with van der Waals surface area (Å²) in [6.07, 6.45) is 0. The number of rotatable bonds is 4. The maximum absolute atomic E-state index is 13.6. The summed E-state index contributed by atoms with van der Waals surface area (Å²) in [4.78, 5) is 25.6. The minimum absolute atomic E-state index is 0.356. The van der Waals surface area contributed by atoms with Gasteiger partial charge in [-0.1, -0.05) is 0 Å². The van der Waals surface area contributed by atoms with Crippen LogP contribution in [0.25, 0.3) is 10.4 Å². The largest absolute Gasteiger partial charge is 0.468 e. The highest BCUT2D eigenvalue weighted by Crippen LogP contribution is 2.33. The molecular weight excluding hydrogens is 353 g/mol. The van der Waals surface area contributed by atoms with E-state index in [1.165, 1.54) is 13.2 Å². The maximum Gasteiger partial charge on any atom is 0.318 e. The topological polar surface area (TPSA) is 92.1 Å². The Bertz CT molecular complexity index is 605. The van der Waals surface area contributed by atoms with Gasteiger partial charge in [0, 0.05) is 14.3 Å². The van der Waals surface area contributed by atoms with E-state index < -0.39 is 22.9 Å². The van der Waals surface area contributed by atoms with E-state index in [1.54, 1.807) is 6.92 Å². The van der Waals surface area contributed by atoms with Gasteiger partial charge in [0.05, 0.1) is 12.7 Å². The number of thioether (sulfide) groups is 1. The van der Waals surface area contributed by atoms with Crippen molar-refractivity contribution in [3.8, 4) is 0 Å². The highest BCUT2D eigenvalue weighted by molar-refractivity contribution is 9.10. The van der Waals surface area contributed by atoms with E-state index in [9.17, 15) is 14.0 Å². The van der Waals surface area contributed by atoms with Gasteiger partial charge in [-0.15, -0.1) is 11.8 Å². The van der Waals surface area contributed by atoms with Crippen LogP contribution in [0.3, 0.4) is 0 Å². The summed E-state index contributed by atoms with van der Waals surface area (Å²) in [6.45, 7) is 1.61. The Labute approximate surface area is 126 Å². The summed E-state index contributed by atoms with van der Waals surface area (Å²) in [6, 6.07) is 2.30. The molecule has 0 saturated carbocycles. The van der Waals surface area contributed by atoms with Gasteiger partial charge < -0.3 is 4.74 Å². The molecule has 1 aromatic rings. The summed E-state index contributed by atoms with van der Waals surface area (Å²) < 4.78 is 18.6. The highest BCUT2D eigenvalue weighted by atomic mass is 79.9. The molecule has 6 nitrogen and oxygen atoms in total. The number of ether oxygens (including phenoxy) is 1. The predicted molar refractivity (Wildman–Crippen MR) is 74.9 cm³/mol. The Hall–Kier alpha value is -1.57. The van der Waals surface area contributed by atoms with Crippen LogP contribution in [0.1, 0.15) is 17.3 Å². The molecule has 20 heavy (non-hydrogen) atoms. The molecule has 0 aliphatic rings. The van der Waals surface area contributed by atoms with Crippen molar-refractivity contribution in [2.75, 3.05) is 7.11 Å². The number of carbonyl (C=O) groups is 2. The van der Waals surface area contributed by atoms with E-state index in [-0.39, 0.29) is 5.56 Å². The SMILES string of the molecule is COC(=O)C(C)Sc1cc(C(=O)N=[N+]=[N-])c(F)cc1Br. The number of azide groups is 1. The van der Waals surface area contributed by atoms with Crippen LogP contribution in [0.15, 0.2) is 26.6 Å². The summed E-state index contributed by atoms with van der Waals surface area (Å²) in [5.74, 6) is -2.29. The Morgan fingerprint density at radius 3 is 2.75 bits per heavy atom. The number of methoxy groups -OCH3 is 1. The molecule has 0 saturated heterocycles. The van der Waals surface area contributed by atoms with Gasteiger partial charge >= 0.3 is 5.97 Å². The summed E-state index contributed by atoms with van der Waals surface area (Å²) in [5, 5.41) is 2.30. The van der Waals surface area contributed by atoms with Crippen LogP contribution in [-0.4, -0.2) is 24.2 Å². The van der Waals surface area contributed by atoms with E-state index in [0.29, 0.717) is 9.37 Å². The minimum Gasteiger partial charge on any atom is -0.468 e. The maximum atomic E-state index is 13.6. The number of halogens is 2. The molecule has 0 aromatic heterocycles. The van der Waals surface area contributed by atoms with Crippen LogP contribution >= 0.6 is 27.7 Å². The molecule has 0 N–H and O–H groups in total. The van der Waals surface area contributed by atoms with E-state index in [2.05, 4.69) is 30.7 Å². The molecule has 0 spiro atoms. The first kappa shape index (κ1) is 16.5. The van der Waals surface area contributed by atoms with Crippen molar-refractivity contribution >= 4 is 39.6 Å². The lowest BCUT2D eigenvalue weighted by Crippen LogP contribution is -2.14. The van der Waals surface area contributed by atoms with Crippen molar-refractivity contribution in [1.29, 1.82) is 0 Å². The smallest absolute Gasteiger partial charge is 0.318 e. The molecule has 1 unspecified atom stereocenters. The van der Waals surface area contributed by atoms with Crippen LogP contribution in [0.2, 0.25) is 0 Å². The fourth-order valence-corrected chi connectivity index (χ4v) is 2.81. The number of benzene rings is 1. The first-order valence-electron chi connectivity index (χ1n) is 5.23. The zero-order valence-corrected chi connectivity index (χ0v) is 12.9. The third-order valence-corrected chi connectivity index (χ3v) is 4.28. The monoisotopic (exact) mass is 361 g/mol. The van der Waals surface area contributed by atoms with Gasteiger partial charge in [0.15, 0.2) is 0 Å². The second kappa shape index (κ2) is 7.28. The third kappa shape index (κ3) is 3.96. The predicted octanol–water partition coefficient (Wildman–Crippen LogP) is 3.69. The molecule has 1 amide bonds. The first-order valence-corrected chi connectivity index (χ1v) is 6.91. The second-order valence-electron chi connectivity index (χ2n) is 3.54. The van der Waals surface area contributed by atoms with Gasteiger partial charge in [-0.05, 0) is 45.6 Å². The second-order valence-corrected chi connectivity index (χ2v) is 5.78. The molecule has 0 fully saturated rings. The lowest BCUT2D eigenvalue weighted by atomic mass is 10.2. The number of hydrogen-bond donors (Lipinski definition) is 0. The number of esters is 1. The molecule has 1 aromatic carbocycles. The zero-order chi connectivity index (χ0) is 15.3. The summed E-state index contributed by atoms with van der Waals surface area (Å²) >= 11 is 4.23. The van der Waals surface area contributed by atoms with Crippen LogP contribution in [0.5, 0.6) is 0 Å². The zero-order valence-electron chi connectivity index (χ0n) is 10.5. The lowest BCUT2D eigenvalue weighted by Gasteiger charge is -2.11. The van der Waals surface area contributed by atoms with Crippen molar-refractivity contribution in [2.45, 2.75) is 17.1 Å². The number of amides is 1. The average Bonchev–Trinajstić information content (AvgIpc) is 2.40. The Morgan fingerprint density at radius 2 is 2.20 bits per heavy atom. The molecule has 1 atom stereocenters. The van der Waals surface area contributed by atoms with Gasteiger partial charge in [0.2, 0.25) is 0 Å². The fourth-order valence-electron chi connectivity index (χ4n) is 1.28. The number of carbonyl (C=O) groups excluding carboxylic acids is 2. The highest BCUT2D eigenvalue weighted by Gasteiger charge is 2.19. The van der Waals surface area contributed by atoms with Crippen molar-refractivity contribution in [3.63, 3.8) is 0 Å². The van der Waals surface area contributed by atoms with Gasteiger partial charge in [-0.3, -0.25) is 9.59 Å². The van der Waals surface area contributed by atoms with Crippen molar-refractivity contribution < 1.29 is 18.7 Å². The van der Waals surface area contributed by atoms with Gasteiger partial charge in [0.1, 0.15) is 11.1 Å². The molecule has 0 aliphatic heterocycles. The first-order chi connectivity index (χ1) is 9.40. The van der Waals surface area contributed by atoms with Crippen LogP contribution < -0.4 is 0 Å².